The first-order valence-corrected chi connectivity index (χ1v) is 16.9. The number of rotatable bonds is 12. The number of aryl methyl sites for hydroxylation is 1. The summed E-state index contributed by atoms with van der Waals surface area (Å²) in [5.41, 5.74) is -0.224. The number of carbonyl (C=O) groups excluding carboxylic acids is 2. The third-order valence-corrected chi connectivity index (χ3v) is 9.27. The van der Waals surface area contributed by atoms with Crippen molar-refractivity contribution < 1.29 is 38.0 Å². The van der Waals surface area contributed by atoms with Gasteiger partial charge in [0.25, 0.3) is 11.5 Å². The summed E-state index contributed by atoms with van der Waals surface area (Å²) in [7, 11) is 4.68. The molecule has 0 N–H and O–H groups in total. The molecule has 6 rings (SSSR count). The van der Waals surface area contributed by atoms with Crippen LogP contribution >= 0.6 is 0 Å². The van der Waals surface area contributed by atoms with Crippen LogP contribution in [0.2, 0.25) is 0 Å². The average Bonchev–Trinajstić information content (AvgIpc) is 3.58. The standard InChI is InChI=1S/C41H40N2O10/c1-26-24-42(40(47)43(38(26)45)39(46)28-11-17-32(48-3)18-12-28)37-23-35(52-27(2)44)36(53-37)25-51-41(29-9-7-6-8-10-29,30-13-19-33(49-4)20-14-30)31-15-21-34(50-5)22-16-31/h6-22,24,35-37H,23,25H2,1-5H3/t35-,36-,37-/m1/s1. The Morgan fingerprint density at radius 3 is 1.77 bits per heavy atom. The lowest BCUT2D eigenvalue weighted by Crippen LogP contribution is -2.45. The maximum Gasteiger partial charge on any atom is 0.340 e. The number of esters is 1. The van der Waals surface area contributed by atoms with Crippen molar-refractivity contribution in [1.29, 1.82) is 0 Å². The Balaban J connectivity index is 1.39. The smallest absolute Gasteiger partial charge is 0.340 e. The Bertz CT molecular complexity index is 2130. The molecule has 12 nitrogen and oxygen atoms in total. The van der Waals surface area contributed by atoms with Crippen molar-refractivity contribution in [2.24, 2.45) is 0 Å². The highest BCUT2D eigenvalue weighted by Crippen LogP contribution is 2.43. The molecule has 1 aliphatic heterocycles. The van der Waals surface area contributed by atoms with Crippen molar-refractivity contribution >= 4 is 11.9 Å². The maximum absolute atomic E-state index is 13.9. The number of nitrogens with zero attached hydrogens (tertiary/aromatic N) is 2. The van der Waals surface area contributed by atoms with E-state index in [2.05, 4.69) is 0 Å². The van der Waals surface area contributed by atoms with Gasteiger partial charge in [-0.25, -0.2) is 4.79 Å². The molecule has 0 unspecified atom stereocenters. The van der Waals surface area contributed by atoms with Gasteiger partial charge in [0.05, 0.1) is 27.9 Å². The van der Waals surface area contributed by atoms with E-state index in [4.69, 9.17) is 28.4 Å². The van der Waals surface area contributed by atoms with Gasteiger partial charge >= 0.3 is 11.7 Å². The van der Waals surface area contributed by atoms with E-state index >= 15 is 0 Å². The van der Waals surface area contributed by atoms with E-state index in [1.807, 2.05) is 78.9 Å². The van der Waals surface area contributed by atoms with Crippen LogP contribution in [0, 0.1) is 6.92 Å². The number of carbonyl (C=O) groups is 2. The van der Waals surface area contributed by atoms with Gasteiger partial charge < -0.3 is 28.4 Å². The van der Waals surface area contributed by atoms with Crippen molar-refractivity contribution in [2.45, 2.75) is 44.3 Å². The third-order valence-electron chi connectivity index (χ3n) is 9.27. The van der Waals surface area contributed by atoms with Gasteiger partial charge in [0.1, 0.15) is 41.3 Å². The predicted octanol–water partition coefficient (Wildman–Crippen LogP) is 5.26. The van der Waals surface area contributed by atoms with Gasteiger partial charge in [-0.3, -0.25) is 19.0 Å². The topological polar surface area (TPSA) is 134 Å². The summed E-state index contributed by atoms with van der Waals surface area (Å²) in [6.07, 6.45) is -1.33. The molecule has 1 fully saturated rings. The van der Waals surface area contributed by atoms with Gasteiger partial charge in [-0.05, 0) is 72.1 Å². The Morgan fingerprint density at radius 2 is 1.26 bits per heavy atom. The molecule has 5 aromatic rings. The highest BCUT2D eigenvalue weighted by molar-refractivity contribution is 5.95. The summed E-state index contributed by atoms with van der Waals surface area (Å²) in [6.45, 7) is 2.70. The monoisotopic (exact) mass is 720 g/mol. The number of hydrogen-bond donors (Lipinski definition) is 0. The molecule has 1 saturated heterocycles. The molecule has 3 atom stereocenters. The fourth-order valence-corrected chi connectivity index (χ4v) is 6.59. The van der Waals surface area contributed by atoms with Crippen LogP contribution in [0.3, 0.4) is 0 Å². The Hall–Kier alpha value is -5.98. The first kappa shape index (κ1) is 36.8. The SMILES string of the molecule is COc1ccc(C(=O)n2c(=O)c(C)cn([C@H]3C[C@@H](OC(C)=O)[C@@H](COC(c4ccccc4)(c4ccc(OC)cc4)c4ccc(OC)cc4)O3)c2=O)cc1. The molecule has 0 saturated carbocycles. The first-order chi connectivity index (χ1) is 25.6. The normalized spacial score (nSPS) is 16.9. The van der Waals surface area contributed by atoms with Gasteiger partial charge in [-0.15, -0.1) is 0 Å². The molecule has 2 heterocycles. The minimum Gasteiger partial charge on any atom is -0.497 e. The molecular weight excluding hydrogens is 680 g/mol. The second kappa shape index (κ2) is 15.7. The average molecular weight is 721 g/mol. The molecule has 1 aliphatic rings. The number of methoxy groups -OCH3 is 3. The Labute approximate surface area is 306 Å². The van der Waals surface area contributed by atoms with Gasteiger partial charge in [0.2, 0.25) is 0 Å². The highest BCUT2D eigenvalue weighted by atomic mass is 16.6. The van der Waals surface area contributed by atoms with E-state index in [9.17, 15) is 19.2 Å². The van der Waals surface area contributed by atoms with E-state index in [1.165, 1.54) is 43.9 Å². The van der Waals surface area contributed by atoms with E-state index in [-0.39, 0.29) is 24.2 Å². The zero-order valence-electron chi connectivity index (χ0n) is 30.0. The van der Waals surface area contributed by atoms with Gasteiger partial charge in [0, 0.05) is 30.7 Å². The summed E-state index contributed by atoms with van der Waals surface area (Å²) in [5.74, 6) is 0.480. The Morgan fingerprint density at radius 1 is 0.755 bits per heavy atom. The second-order valence-electron chi connectivity index (χ2n) is 12.5. The zero-order valence-corrected chi connectivity index (χ0v) is 30.0. The molecule has 53 heavy (non-hydrogen) atoms. The molecule has 4 aromatic carbocycles. The predicted molar refractivity (Wildman–Crippen MR) is 195 cm³/mol. The van der Waals surface area contributed by atoms with Crippen molar-refractivity contribution in [3.8, 4) is 17.2 Å². The molecule has 0 spiro atoms. The third kappa shape index (κ3) is 7.37. The summed E-state index contributed by atoms with van der Waals surface area (Å²) in [4.78, 5) is 53.1. The molecule has 0 radical (unpaired) electrons. The lowest BCUT2D eigenvalue weighted by atomic mass is 9.80. The van der Waals surface area contributed by atoms with Crippen LogP contribution in [0.15, 0.2) is 119 Å². The van der Waals surface area contributed by atoms with Crippen LogP contribution in [0.4, 0.5) is 0 Å². The lowest BCUT2D eigenvalue weighted by Gasteiger charge is -2.37. The first-order valence-electron chi connectivity index (χ1n) is 16.9. The molecule has 0 bridgehead atoms. The second-order valence-corrected chi connectivity index (χ2v) is 12.5. The summed E-state index contributed by atoms with van der Waals surface area (Å²) < 4.78 is 37.1. The number of aromatic nitrogens is 2. The minimum atomic E-state index is -1.20. The van der Waals surface area contributed by atoms with E-state index in [0.717, 1.165) is 16.7 Å². The van der Waals surface area contributed by atoms with Crippen LogP contribution < -0.4 is 25.5 Å². The molecule has 0 amide bonds. The van der Waals surface area contributed by atoms with Crippen LogP contribution in [0.5, 0.6) is 17.2 Å². The molecule has 274 valence electrons. The van der Waals surface area contributed by atoms with Crippen molar-refractivity contribution in [2.75, 3.05) is 27.9 Å². The van der Waals surface area contributed by atoms with Crippen molar-refractivity contribution in [3.63, 3.8) is 0 Å². The van der Waals surface area contributed by atoms with Crippen molar-refractivity contribution in [1.82, 2.24) is 9.13 Å². The van der Waals surface area contributed by atoms with E-state index in [1.54, 1.807) is 26.4 Å². The van der Waals surface area contributed by atoms with Gasteiger partial charge in [0.15, 0.2) is 0 Å². The van der Waals surface area contributed by atoms with Gasteiger partial charge in [-0.1, -0.05) is 54.6 Å². The fourth-order valence-electron chi connectivity index (χ4n) is 6.59. The van der Waals surface area contributed by atoms with E-state index in [0.29, 0.717) is 21.8 Å². The molecule has 1 aromatic heterocycles. The maximum atomic E-state index is 13.9. The number of benzene rings is 4. The Kier molecular flexibility index (Phi) is 10.9. The fraction of sp³-hybridized carbons (Fsp3) is 0.268. The van der Waals surface area contributed by atoms with Crippen LogP contribution in [-0.2, 0) is 24.6 Å². The summed E-state index contributed by atoms with van der Waals surface area (Å²) in [5, 5.41) is 0. The quantitative estimate of drug-likeness (QED) is 0.124. The zero-order chi connectivity index (χ0) is 37.7. The van der Waals surface area contributed by atoms with Crippen LogP contribution in [0.1, 0.15) is 52.2 Å². The molecular formula is C41H40N2O10. The van der Waals surface area contributed by atoms with Crippen LogP contribution in [0.25, 0.3) is 0 Å². The number of ether oxygens (including phenoxy) is 6. The largest absolute Gasteiger partial charge is 0.497 e. The summed E-state index contributed by atoms with van der Waals surface area (Å²) in [6, 6.07) is 30.8. The molecule has 12 heteroatoms. The highest BCUT2D eigenvalue weighted by Gasteiger charge is 2.44. The van der Waals surface area contributed by atoms with E-state index < -0.39 is 47.2 Å². The number of hydrogen-bond acceptors (Lipinski definition) is 10. The van der Waals surface area contributed by atoms with Crippen LogP contribution in [-0.4, -0.2) is 61.2 Å². The van der Waals surface area contributed by atoms with Crippen molar-refractivity contribution in [3.05, 3.63) is 158 Å². The lowest BCUT2D eigenvalue weighted by molar-refractivity contribution is -0.153. The molecule has 0 aliphatic carbocycles. The summed E-state index contributed by atoms with van der Waals surface area (Å²) >= 11 is 0. The van der Waals surface area contributed by atoms with Gasteiger partial charge in [-0.2, -0.15) is 4.57 Å². The minimum absolute atomic E-state index is 0.0469.